The van der Waals surface area contributed by atoms with Gasteiger partial charge in [0, 0.05) is 6.42 Å². The Hall–Kier alpha value is -0.530. The number of carboxylic acids is 1. The Morgan fingerprint density at radius 1 is 0.941 bits per heavy atom. The highest BCUT2D eigenvalue weighted by atomic mass is 16.4. The maximum Gasteiger partial charge on any atom is 0.303 e. The van der Waals surface area contributed by atoms with E-state index in [1.807, 2.05) is 0 Å². The van der Waals surface area contributed by atoms with Crippen molar-refractivity contribution in [2.75, 3.05) is 0 Å². The van der Waals surface area contributed by atoms with Gasteiger partial charge < -0.3 is 5.11 Å². The molecule has 0 saturated carbocycles. The number of unbranched alkanes of at least 4 members (excludes halogenated alkanes) is 5. The average molecular weight is 242 g/mol. The Morgan fingerprint density at radius 3 is 2.00 bits per heavy atom. The summed E-state index contributed by atoms with van der Waals surface area (Å²) >= 11 is 0. The Kier molecular flexibility index (Phi) is 10.3. The molecule has 0 aliphatic rings. The summed E-state index contributed by atoms with van der Waals surface area (Å²) in [6.07, 6.45) is 10.1. The first-order valence-corrected chi connectivity index (χ1v) is 7.24. The van der Waals surface area contributed by atoms with Crippen LogP contribution in [0.15, 0.2) is 0 Å². The summed E-state index contributed by atoms with van der Waals surface area (Å²) in [4.78, 5) is 10.3. The molecule has 1 atom stereocenters. The lowest BCUT2D eigenvalue weighted by Crippen LogP contribution is -1.99. The number of carbonyl (C=O) groups is 1. The zero-order valence-electron chi connectivity index (χ0n) is 11.9. The van der Waals surface area contributed by atoms with Crippen LogP contribution in [0.5, 0.6) is 0 Å². The van der Waals surface area contributed by atoms with Crippen LogP contribution >= 0.6 is 0 Å². The van der Waals surface area contributed by atoms with Crippen molar-refractivity contribution in [2.24, 2.45) is 11.8 Å². The van der Waals surface area contributed by atoms with Gasteiger partial charge in [0.15, 0.2) is 0 Å². The van der Waals surface area contributed by atoms with E-state index in [1.54, 1.807) is 0 Å². The van der Waals surface area contributed by atoms with Crippen LogP contribution in [0.3, 0.4) is 0 Å². The van der Waals surface area contributed by atoms with Crippen LogP contribution in [0.4, 0.5) is 0 Å². The molecule has 102 valence electrons. The highest BCUT2D eigenvalue weighted by Crippen LogP contribution is 2.18. The molecule has 17 heavy (non-hydrogen) atoms. The van der Waals surface area contributed by atoms with Gasteiger partial charge in [-0.05, 0) is 24.7 Å². The third-order valence-corrected chi connectivity index (χ3v) is 3.21. The van der Waals surface area contributed by atoms with Crippen molar-refractivity contribution in [2.45, 2.75) is 78.6 Å². The van der Waals surface area contributed by atoms with Crippen molar-refractivity contribution in [1.82, 2.24) is 0 Å². The molecule has 2 heteroatoms. The summed E-state index contributed by atoms with van der Waals surface area (Å²) in [6, 6.07) is 0. The largest absolute Gasteiger partial charge is 0.481 e. The maximum absolute atomic E-state index is 10.3. The van der Waals surface area contributed by atoms with Gasteiger partial charge in [0.25, 0.3) is 0 Å². The molecule has 0 aliphatic heterocycles. The third-order valence-electron chi connectivity index (χ3n) is 3.21. The normalized spacial score (nSPS) is 12.9. The van der Waals surface area contributed by atoms with Gasteiger partial charge in [-0.25, -0.2) is 0 Å². The summed E-state index contributed by atoms with van der Waals surface area (Å²) in [5.41, 5.74) is 0. The predicted octanol–water partition coefficient (Wildman–Crippen LogP) is 4.87. The highest BCUT2D eigenvalue weighted by molar-refractivity contribution is 5.66. The monoisotopic (exact) mass is 242 g/mol. The number of aliphatic carboxylic acids is 1. The van der Waals surface area contributed by atoms with Gasteiger partial charge in [-0.15, -0.1) is 0 Å². The van der Waals surface area contributed by atoms with Crippen molar-refractivity contribution < 1.29 is 9.90 Å². The molecule has 1 unspecified atom stereocenters. The van der Waals surface area contributed by atoms with Crippen molar-refractivity contribution in [1.29, 1.82) is 0 Å². The molecule has 0 aromatic heterocycles. The molecule has 0 saturated heterocycles. The molecule has 0 aromatic rings. The standard InChI is InChI=1S/C15H30O2/c1-13(2)12-14(3)10-8-6-4-5-7-9-11-15(16)17/h13-14H,4-12H2,1-3H3,(H,16,17). The first-order chi connectivity index (χ1) is 8.02. The van der Waals surface area contributed by atoms with Gasteiger partial charge in [0.05, 0.1) is 0 Å². The van der Waals surface area contributed by atoms with Crippen molar-refractivity contribution in [3.05, 3.63) is 0 Å². The van der Waals surface area contributed by atoms with Crippen LogP contribution in [-0.4, -0.2) is 11.1 Å². The van der Waals surface area contributed by atoms with Crippen LogP contribution < -0.4 is 0 Å². The predicted molar refractivity (Wildman–Crippen MR) is 73.2 cm³/mol. The van der Waals surface area contributed by atoms with Gasteiger partial charge in [-0.1, -0.05) is 59.3 Å². The van der Waals surface area contributed by atoms with Gasteiger partial charge in [-0.3, -0.25) is 4.79 Å². The zero-order valence-corrected chi connectivity index (χ0v) is 11.9. The second-order valence-corrected chi connectivity index (χ2v) is 5.79. The summed E-state index contributed by atoms with van der Waals surface area (Å²) in [5.74, 6) is 1.02. The van der Waals surface area contributed by atoms with Crippen LogP contribution in [0, 0.1) is 11.8 Å². The average Bonchev–Trinajstić information content (AvgIpc) is 2.20. The lowest BCUT2D eigenvalue weighted by atomic mass is 9.93. The summed E-state index contributed by atoms with van der Waals surface area (Å²) in [6.45, 7) is 6.94. The van der Waals surface area contributed by atoms with Gasteiger partial charge in [0.1, 0.15) is 0 Å². The van der Waals surface area contributed by atoms with Gasteiger partial charge >= 0.3 is 5.97 Å². The fourth-order valence-electron chi connectivity index (χ4n) is 2.40. The van der Waals surface area contributed by atoms with Crippen LogP contribution in [0.25, 0.3) is 0 Å². The Balaban J connectivity index is 3.15. The second kappa shape index (κ2) is 10.6. The van der Waals surface area contributed by atoms with E-state index in [0.29, 0.717) is 6.42 Å². The molecule has 0 rings (SSSR count). The molecule has 0 aromatic carbocycles. The van der Waals surface area contributed by atoms with E-state index < -0.39 is 5.97 Å². The van der Waals surface area contributed by atoms with E-state index in [4.69, 9.17) is 5.11 Å². The van der Waals surface area contributed by atoms with Crippen LogP contribution in [0.2, 0.25) is 0 Å². The van der Waals surface area contributed by atoms with E-state index in [-0.39, 0.29) is 0 Å². The van der Waals surface area contributed by atoms with E-state index in [1.165, 1.54) is 38.5 Å². The van der Waals surface area contributed by atoms with Crippen molar-refractivity contribution >= 4 is 5.97 Å². The minimum absolute atomic E-state index is 0.339. The molecule has 0 amide bonds. The summed E-state index contributed by atoms with van der Waals surface area (Å²) in [5, 5.41) is 8.49. The smallest absolute Gasteiger partial charge is 0.303 e. The molecule has 0 heterocycles. The van der Waals surface area contributed by atoms with Crippen LogP contribution in [0.1, 0.15) is 78.6 Å². The molecule has 0 aliphatic carbocycles. The summed E-state index contributed by atoms with van der Waals surface area (Å²) in [7, 11) is 0. The summed E-state index contributed by atoms with van der Waals surface area (Å²) < 4.78 is 0. The molecular formula is C15H30O2. The fourth-order valence-corrected chi connectivity index (χ4v) is 2.40. The molecular weight excluding hydrogens is 212 g/mol. The first kappa shape index (κ1) is 16.5. The zero-order chi connectivity index (χ0) is 13.1. The number of hydrogen-bond donors (Lipinski definition) is 1. The molecule has 2 nitrogen and oxygen atoms in total. The number of carboxylic acid groups (broad SMARTS) is 1. The van der Waals surface area contributed by atoms with E-state index in [2.05, 4.69) is 20.8 Å². The molecule has 0 spiro atoms. The topological polar surface area (TPSA) is 37.3 Å². The fraction of sp³-hybridized carbons (Fsp3) is 0.933. The minimum atomic E-state index is -0.660. The molecule has 0 radical (unpaired) electrons. The maximum atomic E-state index is 10.3. The Bertz CT molecular complexity index is 187. The SMILES string of the molecule is CC(C)CC(C)CCCCCCCCC(=O)O. The number of rotatable bonds is 11. The third kappa shape index (κ3) is 13.4. The van der Waals surface area contributed by atoms with E-state index >= 15 is 0 Å². The first-order valence-electron chi connectivity index (χ1n) is 7.24. The minimum Gasteiger partial charge on any atom is -0.481 e. The van der Waals surface area contributed by atoms with Gasteiger partial charge in [-0.2, -0.15) is 0 Å². The highest BCUT2D eigenvalue weighted by Gasteiger charge is 2.04. The van der Waals surface area contributed by atoms with E-state index in [9.17, 15) is 4.79 Å². The second-order valence-electron chi connectivity index (χ2n) is 5.79. The number of hydrogen-bond acceptors (Lipinski definition) is 1. The molecule has 0 fully saturated rings. The molecule has 1 N–H and O–H groups in total. The van der Waals surface area contributed by atoms with Crippen LogP contribution in [-0.2, 0) is 4.79 Å². The molecule has 0 bridgehead atoms. The lowest BCUT2D eigenvalue weighted by Gasteiger charge is -2.13. The van der Waals surface area contributed by atoms with Crippen molar-refractivity contribution in [3.63, 3.8) is 0 Å². The van der Waals surface area contributed by atoms with Crippen molar-refractivity contribution in [3.8, 4) is 0 Å². The van der Waals surface area contributed by atoms with Gasteiger partial charge in [0.2, 0.25) is 0 Å². The quantitative estimate of drug-likeness (QED) is 0.525. The van der Waals surface area contributed by atoms with E-state index in [0.717, 1.165) is 24.7 Å². The Labute approximate surface area is 107 Å². The Morgan fingerprint density at radius 2 is 1.47 bits per heavy atom. The lowest BCUT2D eigenvalue weighted by molar-refractivity contribution is -0.137.